The fraction of sp³-hybridized carbons (Fsp3) is 0.353. The van der Waals surface area contributed by atoms with Crippen molar-refractivity contribution in [3.8, 4) is 0 Å². The van der Waals surface area contributed by atoms with Crippen molar-refractivity contribution in [3.63, 3.8) is 0 Å². The summed E-state index contributed by atoms with van der Waals surface area (Å²) >= 11 is 0. The molecule has 1 heterocycles. The van der Waals surface area contributed by atoms with Gasteiger partial charge in [-0.2, -0.15) is 0 Å². The molecule has 0 saturated carbocycles. The molecule has 0 aliphatic heterocycles. The lowest BCUT2D eigenvalue weighted by Gasteiger charge is -2.08. The minimum atomic E-state index is 0.833. The number of nitrogens with zero attached hydrogens (tertiary/aromatic N) is 1. The van der Waals surface area contributed by atoms with Gasteiger partial charge in [-0.1, -0.05) is 44.2 Å². The van der Waals surface area contributed by atoms with Gasteiger partial charge in [0.1, 0.15) is 0 Å². The van der Waals surface area contributed by atoms with Crippen LogP contribution in [0.4, 0.5) is 0 Å². The van der Waals surface area contributed by atoms with Crippen molar-refractivity contribution in [2.24, 2.45) is 0 Å². The van der Waals surface area contributed by atoms with Crippen LogP contribution in [0.15, 0.2) is 42.6 Å². The molecule has 19 heavy (non-hydrogen) atoms. The van der Waals surface area contributed by atoms with Gasteiger partial charge in [0.2, 0.25) is 0 Å². The van der Waals surface area contributed by atoms with Gasteiger partial charge in [0.25, 0.3) is 0 Å². The van der Waals surface area contributed by atoms with Gasteiger partial charge in [0, 0.05) is 19.3 Å². The van der Waals surface area contributed by atoms with E-state index < -0.39 is 0 Å². The van der Waals surface area contributed by atoms with E-state index in [1.54, 1.807) is 0 Å². The summed E-state index contributed by atoms with van der Waals surface area (Å²) in [7, 11) is 0. The lowest BCUT2D eigenvalue weighted by atomic mass is 10.1. The molecule has 1 N–H and O–H groups in total. The fourth-order valence-electron chi connectivity index (χ4n) is 2.17. The summed E-state index contributed by atoms with van der Waals surface area (Å²) in [4.78, 5) is 4.45. The molecule has 0 aliphatic rings. The Balaban J connectivity index is 1.88. The lowest BCUT2D eigenvalue weighted by molar-refractivity contribution is 0.673. The summed E-state index contributed by atoms with van der Waals surface area (Å²) in [6.07, 6.45) is 4.00. The van der Waals surface area contributed by atoms with Gasteiger partial charge < -0.3 is 5.32 Å². The van der Waals surface area contributed by atoms with E-state index >= 15 is 0 Å². The second-order valence-corrected chi connectivity index (χ2v) is 4.74. The Morgan fingerprint density at radius 2 is 1.63 bits per heavy atom. The molecule has 0 atom stereocenters. The van der Waals surface area contributed by atoms with Gasteiger partial charge in [-0.3, -0.25) is 4.98 Å². The topological polar surface area (TPSA) is 24.9 Å². The van der Waals surface area contributed by atoms with Crippen molar-refractivity contribution in [2.75, 3.05) is 0 Å². The molecule has 0 amide bonds. The largest absolute Gasteiger partial charge is 0.307 e. The highest BCUT2D eigenvalue weighted by Gasteiger charge is 2.01. The van der Waals surface area contributed by atoms with Gasteiger partial charge in [-0.25, -0.2) is 0 Å². The highest BCUT2D eigenvalue weighted by Crippen LogP contribution is 2.07. The van der Waals surface area contributed by atoms with Crippen molar-refractivity contribution in [3.05, 3.63) is 65.0 Å². The van der Waals surface area contributed by atoms with E-state index in [9.17, 15) is 0 Å². The molecule has 1 aromatic heterocycles. The second kappa shape index (κ2) is 7.05. The van der Waals surface area contributed by atoms with Gasteiger partial charge in [-0.15, -0.1) is 0 Å². The maximum Gasteiger partial charge on any atom is 0.0573 e. The highest BCUT2D eigenvalue weighted by atomic mass is 14.9. The number of hydrogen-bond acceptors (Lipinski definition) is 2. The molecule has 0 fully saturated rings. The lowest BCUT2D eigenvalue weighted by Crippen LogP contribution is -2.15. The standard InChI is InChI=1S/C17H22N2/c1-3-14-7-9-15(10-8-14)12-18-13-17-16(4-2)6-5-11-19-17/h5-11,18H,3-4,12-13H2,1-2H3. The average Bonchev–Trinajstić information content (AvgIpc) is 2.48. The number of nitrogens with one attached hydrogen (secondary N) is 1. The zero-order valence-corrected chi connectivity index (χ0v) is 11.8. The quantitative estimate of drug-likeness (QED) is 0.853. The number of aromatic nitrogens is 1. The molecule has 2 rings (SSSR count). The molecule has 2 aromatic rings. The van der Waals surface area contributed by atoms with E-state index in [0.29, 0.717) is 0 Å². The summed E-state index contributed by atoms with van der Waals surface area (Å²) in [5, 5.41) is 3.47. The van der Waals surface area contributed by atoms with Gasteiger partial charge in [0.15, 0.2) is 0 Å². The van der Waals surface area contributed by atoms with Crippen LogP contribution >= 0.6 is 0 Å². The van der Waals surface area contributed by atoms with Crippen molar-refractivity contribution in [2.45, 2.75) is 39.8 Å². The van der Waals surface area contributed by atoms with Crippen LogP contribution in [-0.4, -0.2) is 4.98 Å². The van der Waals surface area contributed by atoms with Crippen LogP contribution in [-0.2, 0) is 25.9 Å². The molecular weight excluding hydrogens is 232 g/mol. The third-order valence-corrected chi connectivity index (χ3v) is 3.42. The van der Waals surface area contributed by atoms with E-state index in [4.69, 9.17) is 0 Å². The van der Waals surface area contributed by atoms with Crippen LogP contribution in [0.1, 0.15) is 36.2 Å². The number of aryl methyl sites for hydroxylation is 2. The first-order valence-electron chi connectivity index (χ1n) is 7.04. The SMILES string of the molecule is CCc1ccc(CNCc2ncccc2CC)cc1. The normalized spacial score (nSPS) is 10.6. The molecule has 0 aliphatic carbocycles. The third-order valence-electron chi connectivity index (χ3n) is 3.42. The summed E-state index contributed by atoms with van der Waals surface area (Å²) in [6, 6.07) is 13.0. The van der Waals surface area contributed by atoms with Crippen LogP contribution in [0.2, 0.25) is 0 Å². The Kier molecular flexibility index (Phi) is 5.10. The monoisotopic (exact) mass is 254 g/mol. The van der Waals surface area contributed by atoms with E-state index in [0.717, 1.165) is 31.6 Å². The summed E-state index contributed by atoms with van der Waals surface area (Å²) in [5.41, 5.74) is 5.21. The molecule has 2 nitrogen and oxygen atoms in total. The van der Waals surface area contributed by atoms with E-state index in [2.05, 4.69) is 54.5 Å². The van der Waals surface area contributed by atoms with Crippen molar-refractivity contribution in [1.29, 1.82) is 0 Å². The molecule has 100 valence electrons. The Labute approximate surface area is 115 Å². The fourth-order valence-corrected chi connectivity index (χ4v) is 2.17. The van der Waals surface area contributed by atoms with Gasteiger partial charge in [-0.05, 0) is 35.6 Å². The number of pyridine rings is 1. The smallest absolute Gasteiger partial charge is 0.0573 e. The maximum absolute atomic E-state index is 4.45. The first-order chi connectivity index (χ1) is 9.33. The predicted molar refractivity (Wildman–Crippen MR) is 80.0 cm³/mol. The van der Waals surface area contributed by atoms with Crippen molar-refractivity contribution < 1.29 is 0 Å². The van der Waals surface area contributed by atoms with Crippen LogP contribution in [0.25, 0.3) is 0 Å². The van der Waals surface area contributed by atoms with E-state index in [1.165, 1.54) is 16.7 Å². The zero-order valence-electron chi connectivity index (χ0n) is 11.8. The van der Waals surface area contributed by atoms with Gasteiger partial charge >= 0.3 is 0 Å². The molecule has 0 unspecified atom stereocenters. The Hall–Kier alpha value is -1.67. The summed E-state index contributed by atoms with van der Waals surface area (Å²) < 4.78 is 0. The first-order valence-corrected chi connectivity index (χ1v) is 7.04. The molecule has 0 bridgehead atoms. The van der Waals surface area contributed by atoms with Crippen LogP contribution < -0.4 is 5.32 Å². The Morgan fingerprint density at radius 1 is 0.895 bits per heavy atom. The molecule has 0 saturated heterocycles. The number of rotatable bonds is 6. The van der Waals surface area contributed by atoms with E-state index in [-0.39, 0.29) is 0 Å². The van der Waals surface area contributed by atoms with Crippen molar-refractivity contribution in [1.82, 2.24) is 10.3 Å². The van der Waals surface area contributed by atoms with Crippen molar-refractivity contribution >= 4 is 0 Å². The summed E-state index contributed by atoms with van der Waals surface area (Å²) in [5.74, 6) is 0. The molecule has 0 radical (unpaired) electrons. The molecule has 1 aromatic carbocycles. The van der Waals surface area contributed by atoms with Crippen LogP contribution in [0.3, 0.4) is 0 Å². The zero-order chi connectivity index (χ0) is 13.5. The summed E-state index contributed by atoms with van der Waals surface area (Å²) in [6.45, 7) is 6.08. The molecular formula is C17H22N2. The minimum Gasteiger partial charge on any atom is -0.307 e. The minimum absolute atomic E-state index is 0.833. The molecule has 0 spiro atoms. The number of hydrogen-bond donors (Lipinski definition) is 1. The Morgan fingerprint density at radius 3 is 2.32 bits per heavy atom. The molecule has 2 heteroatoms. The maximum atomic E-state index is 4.45. The first kappa shape index (κ1) is 13.8. The third kappa shape index (κ3) is 3.90. The van der Waals surface area contributed by atoms with Gasteiger partial charge in [0.05, 0.1) is 5.69 Å². The predicted octanol–water partition coefficient (Wildman–Crippen LogP) is 3.50. The highest BCUT2D eigenvalue weighted by molar-refractivity contribution is 5.23. The van der Waals surface area contributed by atoms with E-state index in [1.807, 2.05) is 12.3 Å². The second-order valence-electron chi connectivity index (χ2n) is 4.74. The van der Waals surface area contributed by atoms with Crippen LogP contribution in [0, 0.1) is 0 Å². The number of benzene rings is 1. The van der Waals surface area contributed by atoms with Crippen LogP contribution in [0.5, 0.6) is 0 Å². The average molecular weight is 254 g/mol. The Bertz CT molecular complexity index is 503.